The molecule has 0 saturated carbocycles. The van der Waals surface area contributed by atoms with Gasteiger partial charge in [-0.25, -0.2) is 0 Å². The third-order valence-corrected chi connectivity index (χ3v) is 3.43. The Balaban J connectivity index is 2.00. The highest BCUT2D eigenvalue weighted by Crippen LogP contribution is 2.24. The third kappa shape index (κ3) is 4.23. The Morgan fingerprint density at radius 3 is 2.67 bits per heavy atom. The average Bonchev–Trinajstić information content (AvgIpc) is 2.53. The third-order valence-electron chi connectivity index (χ3n) is 3.43. The minimum atomic E-state index is 0.219. The summed E-state index contributed by atoms with van der Waals surface area (Å²) in [5, 5.41) is 3.52. The quantitative estimate of drug-likeness (QED) is 0.835. The molecule has 0 amide bonds. The monoisotopic (exact) mass is 285 g/mol. The summed E-state index contributed by atoms with van der Waals surface area (Å²) in [5.74, 6) is 1.84. The van der Waals surface area contributed by atoms with Crippen molar-refractivity contribution >= 4 is 0 Å². The SMILES string of the molecule is CCOc1cccc(CNC(C)c2ccccc2OC)c1. The predicted octanol–water partition coefficient (Wildman–Crippen LogP) is 3.94. The number of rotatable bonds is 7. The average molecular weight is 285 g/mol. The molecular formula is C18H23NO2. The Morgan fingerprint density at radius 2 is 1.90 bits per heavy atom. The molecule has 0 fully saturated rings. The van der Waals surface area contributed by atoms with Crippen molar-refractivity contribution in [2.24, 2.45) is 0 Å². The van der Waals surface area contributed by atoms with Gasteiger partial charge < -0.3 is 14.8 Å². The van der Waals surface area contributed by atoms with Gasteiger partial charge in [0.2, 0.25) is 0 Å². The molecule has 0 aliphatic rings. The maximum absolute atomic E-state index is 5.53. The second-order valence-electron chi connectivity index (χ2n) is 4.92. The Morgan fingerprint density at radius 1 is 1.10 bits per heavy atom. The lowest BCUT2D eigenvalue weighted by molar-refractivity contribution is 0.339. The fourth-order valence-corrected chi connectivity index (χ4v) is 2.32. The normalized spacial score (nSPS) is 12.0. The minimum absolute atomic E-state index is 0.219. The summed E-state index contributed by atoms with van der Waals surface area (Å²) in [6.07, 6.45) is 0. The van der Waals surface area contributed by atoms with E-state index in [4.69, 9.17) is 9.47 Å². The summed E-state index contributed by atoms with van der Waals surface area (Å²) < 4.78 is 10.9. The van der Waals surface area contributed by atoms with Crippen molar-refractivity contribution in [3.05, 3.63) is 59.7 Å². The van der Waals surface area contributed by atoms with E-state index in [1.165, 1.54) is 11.1 Å². The van der Waals surface area contributed by atoms with E-state index in [0.717, 1.165) is 18.0 Å². The molecule has 3 heteroatoms. The standard InChI is InChI=1S/C18H23NO2/c1-4-21-16-9-7-8-15(12-16)13-19-14(2)17-10-5-6-11-18(17)20-3/h5-12,14,19H,4,13H2,1-3H3. The first-order chi connectivity index (χ1) is 10.2. The molecule has 0 radical (unpaired) electrons. The maximum Gasteiger partial charge on any atom is 0.123 e. The Bertz CT molecular complexity index is 569. The topological polar surface area (TPSA) is 30.5 Å². The van der Waals surface area contributed by atoms with Crippen LogP contribution in [-0.2, 0) is 6.54 Å². The molecule has 0 aliphatic carbocycles. The van der Waals surface area contributed by atoms with E-state index in [1.54, 1.807) is 7.11 Å². The number of benzene rings is 2. The highest BCUT2D eigenvalue weighted by Gasteiger charge is 2.10. The van der Waals surface area contributed by atoms with Crippen LogP contribution in [-0.4, -0.2) is 13.7 Å². The van der Waals surface area contributed by atoms with Crippen molar-refractivity contribution in [1.82, 2.24) is 5.32 Å². The molecule has 0 saturated heterocycles. The largest absolute Gasteiger partial charge is 0.496 e. The van der Waals surface area contributed by atoms with Crippen LogP contribution in [0.1, 0.15) is 31.0 Å². The molecule has 0 bridgehead atoms. The molecule has 0 aromatic heterocycles. The number of para-hydroxylation sites is 1. The number of methoxy groups -OCH3 is 1. The van der Waals surface area contributed by atoms with Gasteiger partial charge in [-0.1, -0.05) is 30.3 Å². The zero-order valence-electron chi connectivity index (χ0n) is 12.9. The lowest BCUT2D eigenvalue weighted by Gasteiger charge is -2.17. The van der Waals surface area contributed by atoms with Gasteiger partial charge in [-0.15, -0.1) is 0 Å². The summed E-state index contributed by atoms with van der Waals surface area (Å²) in [7, 11) is 1.71. The van der Waals surface area contributed by atoms with Gasteiger partial charge in [0.05, 0.1) is 13.7 Å². The van der Waals surface area contributed by atoms with E-state index < -0.39 is 0 Å². The van der Waals surface area contributed by atoms with Crippen LogP contribution in [0.5, 0.6) is 11.5 Å². The smallest absolute Gasteiger partial charge is 0.123 e. The van der Waals surface area contributed by atoms with E-state index in [1.807, 2.05) is 37.3 Å². The number of hydrogen-bond donors (Lipinski definition) is 1. The van der Waals surface area contributed by atoms with Crippen molar-refractivity contribution in [2.45, 2.75) is 26.4 Å². The van der Waals surface area contributed by atoms with Gasteiger partial charge in [0.1, 0.15) is 11.5 Å². The van der Waals surface area contributed by atoms with Crippen LogP contribution in [0, 0.1) is 0 Å². The maximum atomic E-state index is 5.53. The fraction of sp³-hybridized carbons (Fsp3) is 0.333. The zero-order valence-corrected chi connectivity index (χ0v) is 12.9. The second kappa shape index (κ2) is 7.70. The molecule has 2 aromatic rings. The Hall–Kier alpha value is -2.00. The van der Waals surface area contributed by atoms with Gasteiger partial charge in [0.15, 0.2) is 0 Å². The second-order valence-corrected chi connectivity index (χ2v) is 4.92. The number of nitrogens with one attached hydrogen (secondary N) is 1. The number of hydrogen-bond acceptors (Lipinski definition) is 3. The molecular weight excluding hydrogens is 262 g/mol. The van der Waals surface area contributed by atoms with Crippen molar-refractivity contribution in [2.75, 3.05) is 13.7 Å². The lowest BCUT2D eigenvalue weighted by Crippen LogP contribution is -2.18. The van der Waals surface area contributed by atoms with E-state index in [2.05, 4.69) is 30.4 Å². The Labute approximate surface area is 126 Å². The molecule has 1 N–H and O–H groups in total. The highest BCUT2D eigenvalue weighted by molar-refractivity contribution is 5.35. The van der Waals surface area contributed by atoms with Crippen LogP contribution in [0.25, 0.3) is 0 Å². The van der Waals surface area contributed by atoms with E-state index in [0.29, 0.717) is 6.61 Å². The van der Waals surface area contributed by atoms with Crippen LogP contribution < -0.4 is 14.8 Å². The summed E-state index contributed by atoms with van der Waals surface area (Å²) in [4.78, 5) is 0. The summed E-state index contributed by atoms with van der Waals surface area (Å²) in [5.41, 5.74) is 2.38. The molecule has 1 unspecified atom stereocenters. The van der Waals surface area contributed by atoms with E-state index in [-0.39, 0.29) is 6.04 Å². The molecule has 0 aliphatic heterocycles. The Kier molecular flexibility index (Phi) is 5.64. The summed E-state index contributed by atoms with van der Waals surface area (Å²) in [6.45, 7) is 5.62. The van der Waals surface area contributed by atoms with Gasteiger partial charge >= 0.3 is 0 Å². The van der Waals surface area contributed by atoms with Crippen molar-refractivity contribution in [3.8, 4) is 11.5 Å². The van der Waals surface area contributed by atoms with Gasteiger partial charge in [-0.05, 0) is 37.6 Å². The summed E-state index contributed by atoms with van der Waals surface area (Å²) >= 11 is 0. The first-order valence-electron chi connectivity index (χ1n) is 7.32. The highest BCUT2D eigenvalue weighted by atomic mass is 16.5. The molecule has 3 nitrogen and oxygen atoms in total. The van der Waals surface area contributed by atoms with Gasteiger partial charge in [-0.2, -0.15) is 0 Å². The summed E-state index contributed by atoms with van der Waals surface area (Å²) in [6, 6.07) is 16.5. The zero-order chi connectivity index (χ0) is 15.1. The van der Waals surface area contributed by atoms with Crippen LogP contribution in [0.4, 0.5) is 0 Å². The van der Waals surface area contributed by atoms with E-state index >= 15 is 0 Å². The van der Waals surface area contributed by atoms with Crippen LogP contribution in [0.3, 0.4) is 0 Å². The molecule has 112 valence electrons. The van der Waals surface area contributed by atoms with Crippen molar-refractivity contribution in [1.29, 1.82) is 0 Å². The molecule has 21 heavy (non-hydrogen) atoms. The lowest BCUT2D eigenvalue weighted by atomic mass is 10.1. The fourth-order valence-electron chi connectivity index (χ4n) is 2.32. The van der Waals surface area contributed by atoms with Gasteiger partial charge in [0.25, 0.3) is 0 Å². The van der Waals surface area contributed by atoms with Crippen LogP contribution in [0.15, 0.2) is 48.5 Å². The van der Waals surface area contributed by atoms with Crippen LogP contribution >= 0.6 is 0 Å². The first-order valence-corrected chi connectivity index (χ1v) is 7.32. The molecule has 2 aromatic carbocycles. The molecule has 0 heterocycles. The van der Waals surface area contributed by atoms with E-state index in [9.17, 15) is 0 Å². The van der Waals surface area contributed by atoms with Crippen molar-refractivity contribution in [3.63, 3.8) is 0 Å². The molecule has 1 atom stereocenters. The molecule has 2 rings (SSSR count). The van der Waals surface area contributed by atoms with Gasteiger partial charge in [0, 0.05) is 18.2 Å². The minimum Gasteiger partial charge on any atom is -0.496 e. The predicted molar refractivity (Wildman–Crippen MR) is 85.9 cm³/mol. The van der Waals surface area contributed by atoms with Crippen LogP contribution in [0.2, 0.25) is 0 Å². The van der Waals surface area contributed by atoms with Gasteiger partial charge in [-0.3, -0.25) is 0 Å². The number of ether oxygens (including phenoxy) is 2. The van der Waals surface area contributed by atoms with Crippen molar-refractivity contribution < 1.29 is 9.47 Å². The first kappa shape index (κ1) is 15.4. The molecule has 0 spiro atoms.